The van der Waals surface area contributed by atoms with Crippen LogP contribution in [0.4, 0.5) is 5.69 Å². The maximum atomic E-state index is 10.4. The predicted octanol–water partition coefficient (Wildman–Crippen LogP) is -2.07. The molecule has 1 saturated heterocycles. The summed E-state index contributed by atoms with van der Waals surface area (Å²) in [5.74, 6) is 1.66. The van der Waals surface area contributed by atoms with E-state index in [-0.39, 0.29) is 24.8 Å². The Morgan fingerprint density at radius 2 is 1.33 bits per heavy atom. The van der Waals surface area contributed by atoms with Gasteiger partial charge in [-0.15, -0.1) is 0 Å². The van der Waals surface area contributed by atoms with E-state index in [1.54, 1.807) is 7.11 Å². The largest absolute Gasteiger partial charge is 1.00 e. The number of piperazine rings is 1. The average molecular weight is 489 g/mol. The first kappa shape index (κ1) is 26.8. The summed E-state index contributed by atoms with van der Waals surface area (Å²) in [7, 11) is 1.68. The zero-order valence-corrected chi connectivity index (χ0v) is 20.3. The molecule has 0 bridgehead atoms. The Morgan fingerprint density at radius 1 is 0.758 bits per heavy atom. The fourth-order valence-electron chi connectivity index (χ4n) is 3.90. The molecule has 1 aliphatic heterocycles. The van der Waals surface area contributed by atoms with Gasteiger partial charge in [0, 0.05) is 38.4 Å². The number of hydrogen-bond donors (Lipinski definition) is 1. The third kappa shape index (κ3) is 7.54. The Labute approximate surface area is 208 Å². The highest BCUT2D eigenvalue weighted by Gasteiger charge is 2.20. The van der Waals surface area contributed by atoms with E-state index in [2.05, 4.69) is 46.2 Å². The van der Waals surface area contributed by atoms with Gasteiger partial charge >= 0.3 is 0 Å². The summed E-state index contributed by atoms with van der Waals surface area (Å²) < 4.78 is 11.0. The van der Waals surface area contributed by atoms with Crippen molar-refractivity contribution in [2.45, 2.75) is 6.10 Å². The Balaban J connectivity index is 0.00000193. The molecule has 1 heterocycles. The molecule has 7 heteroatoms. The van der Waals surface area contributed by atoms with Crippen molar-refractivity contribution in [3.8, 4) is 22.6 Å². The average Bonchev–Trinajstić information content (AvgIpc) is 2.84. The van der Waals surface area contributed by atoms with E-state index in [9.17, 15) is 5.11 Å². The monoisotopic (exact) mass is 488 g/mol. The van der Waals surface area contributed by atoms with Crippen LogP contribution in [0.1, 0.15) is 0 Å². The Morgan fingerprint density at radius 3 is 1.94 bits per heavy atom. The molecule has 0 spiro atoms. The van der Waals surface area contributed by atoms with Crippen LogP contribution >= 0.6 is 0 Å². The third-order valence-corrected chi connectivity index (χ3v) is 5.68. The van der Waals surface area contributed by atoms with Crippen molar-refractivity contribution < 1.29 is 39.4 Å². The first-order chi connectivity index (χ1) is 15.2. The molecular weight excluding hydrogens is 459 g/mol. The molecule has 0 saturated carbocycles. The highest BCUT2D eigenvalue weighted by molar-refractivity contribution is 5.63. The molecule has 1 unspecified atom stereocenters. The molecule has 1 aliphatic rings. The second-order valence-corrected chi connectivity index (χ2v) is 7.84. The number of aliphatic hydroxyl groups excluding tert-OH is 1. The van der Waals surface area contributed by atoms with Crippen LogP contribution < -0.4 is 39.2 Å². The summed E-state index contributed by atoms with van der Waals surface area (Å²) in [5.41, 5.74) is 3.55. The van der Waals surface area contributed by atoms with Gasteiger partial charge in [0.1, 0.15) is 24.2 Å². The minimum atomic E-state index is -0.513. The summed E-state index contributed by atoms with van der Waals surface area (Å²) in [6.45, 7) is 4.66. The van der Waals surface area contributed by atoms with Gasteiger partial charge < -0.3 is 44.3 Å². The molecule has 0 aliphatic carbocycles. The zero-order valence-electron chi connectivity index (χ0n) is 18.7. The van der Waals surface area contributed by atoms with Crippen LogP contribution in [0, 0.1) is 0 Å². The fourth-order valence-corrected chi connectivity index (χ4v) is 3.90. The van der Waals surface area contributed by atoms with E-state index in [4.69, 9.17) is 9.47 Å². The quantitative estimate of drug-likeness (QED) is 0.394. The molecule has 3 aromatic rings. The number of benzene rings is 3. The number of hydrogen-bond acceptors (Lipinski definition) is 5. The first-order valence-electron chi connectivity index (χ1n) is 10.8. The SMILES string of the molecule is COc1ccc(N2CCN(CC(O)COc3ccc(-c4ccccc4)cc3)CC2)cc1.[Cl-].[Cl-]. The summed E-state index contributed by atoms with van der Waals surface area (Å²) in [6, 6.07) is 26.5. The maximum Gasteiger partial charge on any atom is 0.119 e. The minimum Gasteiger partial charge on any atom is -1.00 e. The van der Waals surface area contributed by atoms with Gasteiger partial charge in [0.2, 0.25) is 0 Å². The molecule has 1 fully saturated rings. The Kier molecular flexibility index (Phi) is 10.8. The van der Waals surface area contributed by atoms with Crippen molar-refractivity contribution in [3.63, 3.8) is 0 Å². The van der Waals surface area contributed by atoms with Crippen molar-refractivity contribution in [1.29, 1.82) is 0 Å². The van der Waals surface area contributed by atoms with Gasteiger partial charge in [-0.1, -0.05) is 42.5 Å². The van der Waals surface area contributed by atoms with Crippen LogP contribution in [-0.2, 0) is 0 Å². The lowest BCUT2D eigenvalue weighted by Crippen LogP contribution is -3.00. The van der Waals surface area contributed by atoms with Crippen LogP contribution in [0.15, 0.2) is 78.9 Å². The molecule has 5 nitrogen and oxygen atoms in total. The van der Waals surface area contributed by atoms with E-state index in [0.29, 0.717) is 13.2 Å². The fraction of sp³-hybridized carbons (Fsp3) is 0.308. The van der Waals surface area contributed by atoms with Crippen molar-refractivity contribution in [2.75, 3.05) is 51.3 Å². The van der Waals surface area contributed by atoms with Gasteiger partial charge in [-0.2, -0.15) is 0 Å². The number of methoxy groups -OCH3 is 1. The molecule has 1 atom stereocenters. The molecule has 0 aromatic heterocycles. The van der Waals surface area contributed by atoms with Gasteiger partial charge in [-0.05, 0) is 47.5 Å². The zero-order chi connectivity index (χ0) is 21.5. The summed E-state index contributed by atoms with van der Waals surface area (Å²) >= 11 is 0. The molecule has 0 radical (unpaired) electrons. The number of ether oxygens (including phenoxy) is 2. The smallest absolute Gasteiger partial charge is 0.119 e. The van der Waals surface area contributed by atoms with Gasteiger partial charge in [0.15, 0.2) is 0 Å². The van der Waals surface area contributed by atoms with Gasteiger partial charge in [0.25, 0.3) is 0 Å². The lowest BCUT2D eigenvalue weighted by atomic mass is 10.1. The maximum absolute atomic E-state index is 10.4. The first-order valence-corrected chi connectivity index (χ1v) is 10.8. The van der Waals surface area contributed by atoms with Crippen molar-refractivity contribution >= 4 is 5.69 Å². The standard InChI is InChI=1S/C26H30N2O3.2ClH/c1-30-25-13-9-23(10-14-25)28-17-15-27(16-18-28)19-24(29)20-31-26-11-7-22(8-12-26)21-5-3-2-4-6-21;;/h2-14,24,29H,15-20H2,1H3;2*1H/p-2. The lowest BCUT2D eigenvalue weighted by Gasteiger charge is -2.36. The normalized spacial score (nSPS) is 14.5. The van der Waals surface area contributed by atoms with Crippen LogP contribution in [-0.4, -0.2) is 62.6 Å². The topological polar surface area (TPSA) is 45.2 Å². The van der Waals surface area contributed by atoms with Crippen LogP contribution in [0.3, 0.4) is 0 Å². The van der Waals surface area contributed by atoms with Gasteiger partial charge in [-0.3, -0.25) is 4.90 Å². The Bertz CT molecular complexity index is 932. The minimum absolute atomic E-state index is 0. The van der Waals surface area contributed by atoms with Crippen molar-refractivity contribution in [2.24, 2.45) is 0 Å². The molecule has 178 valence electrons. The number of β-amino-alcohol motifs (C(OH)–C–C–N with tert-alkyl or cyclic N) is 1. The number of rotatable bonds is 8. The molecule has 1 N–H and O–H groups in total. The highest BCUT2D eigenvalue weighted by atomic mass is 35.5. The second-order valence-electron chi connectivity index (χ2n) is 7.84. The molecule has 33 heavy (non-hydrogen) atoms. The van der Waals surface area contributed by atoms with Gasteiger partial charge in [0.05, 0.1) is 7.11 Å². The number of nitrogens with zero attached hydrogens (tertiary/aromatic N) is 2. The Hall–Kier alpha value is -2.44. The van der Waals surface area contributed by atoms with E-state index in [1.165, 1.54) is 11.3 Å². The summed E-state index contributed by atoms with van der Waals surface area (Å²) in [4.78, 5) is 4.67. The van der Waals surface area contributed by atoms with Crippen LogP contribution in [0.2, 0.25) is 0 Å². The lowest BCUT2D eigenvalue weighted by molar-refractivity contribution is -0.001000. The highest BCUT2D eigenvalue weighted by Crippen LogP contribution is 2.23. The third-order valence-electron chi connectivity index (χ3n) is 5.68. The van der Waals surface area contributed by atoms with Gasteiger partial charge in [-0.25, -0.2) is 0 Å². The number of aliphatic hydroxyl groups is 1. The number of anilines is 1. The second kappa shape index (κ2) is 13.3. The summed E-state index contributed by atoms with van der Waals surface area (Å²) in [6.07, 6.45) is -0.513. The van der Waals surface area contributed by atoms with E-state index < -0.39 is 6.10 Å². The van der Waals surface area contributed by atoms with Crippen molar-refractivity contribution in [3.05, 3.63) is 78.9 Å². The van der Waals surface area contributed by atoms with E-state index in [1.807, 2.05) is 42.5 Å². The van der Waals surface area contributed by atoms with Crippen LogP contribution in [0.5, 0.6) is 11.5 Å². The summed E-state index contributed by atoms with van der Waals surface area (Å²) in [5, 5.41) is 10.4. The van der Waals surface area contributed by atoms with E-state index in [0.717, 1.165) is 43.2 Å². The predicted molar refractivity (Wildman–Crippen MR) is 125 cm³/mol. The van der Waals surface area contributed by atoms with Crippen LogP contribution in [0.25, 0.3) is 11.1 Å². The number of halogens is 2. The molecule has 4 rings (SSSR count). The molecule has 0 amide bonds. The van der Waals surface area contributed by atoms with E-state index >= 15 is 0 Å². The molecular formula is C26H30Cl2N2O3-2. The van der Waals surface area contributed by atoms with Crippen molar-refractivity contribution in [1.82, 2.24) is 4.90 Å². The molecule has 3 aromatic carbocycles.